The summed E-state index contributed by atoms with van der Waals surface area (Å²) in [4.78, 5) is 29.4. The Morgan fingerprint density at radius 2 is 1.93 bits per heavy atom. The second-order valence-electron chi connectivity index (χ2n) is 7.68. The molecule has 2 aromatic carbocycles. The third-order valence-corrected chi connectivity index (χ3v) is 6.19. The van der Waals surface area contributed by atoms with E-state index < -0.39 is 4.92 Å². The number of nitro groups is 1. The van der Waals surface area contributed by atoms with Gasteiger partial charge in [-0.1, -0.05) is 37.3 Å². The van der Waals surface area contributed by atoms with Crippen LogP contribution in [-0.4, -0.2) is 27.3 Å². The van der Waals surface area contributed by atoms with E-state index in [1.807, 2.05) is 11.0 Å². The molecule has 2 aliphatic heterocycles. The number of hydrogen-bond acceptors (Lipinski definition) is 3. The molecule has 1 aromatic heterocycles. The van der Waals surface area contributed by atoms with E-state index in [-0.39, 0.29) is 17.5 Å². The van der Waals surface area contributed by atoms with E-state index in [0.29, 0.717) is 13.0 Å². The molecule has 1 atom stereocenters. The number of non-ortho nitro benzene ring substituents is 1. The number of amides is 1. The van der Waals surface area contributed by atoms with Gasteiger partial charge in [0.15, 0.2) is 0 Å². The lowest BCUT2D eigenvalue weighted by Gasteiger charge is -2.39. The summed E-state index contributed by atoms with van der Waals surface area (Å²) in [7, 11) is 0. The molecule has 2 aliphatic rings. The van der Waals surface area contributed by atoms with Gasteiger partial charge in [-0.15, -0.1) is 0 Å². The Morgan fingerprint density at radius 1 is 1.17 bits per heavy atom. The second kappa shape index (κ2) is 6.58. The van der Waals surface area contributed by atoms with Crippen LogP contribution in [0.4, 0.5) is 5.69 Å². The van der Waals surface area contributed by atoms with E-state index in [1.165, 1.54) is 28.7 Å². The Balaban J connectivity index is 1.60. The molecule has 0 saturated carbocycles. The van der Waals surface area contributed by atoms with Gasteiger partial charge in [-0.2, -0.15) is 0 Å². The van der Waals surface area contributed by atoms with Gasteiger partial charge in [0.2, 0.25) is 5.91 Å². The molecule has 3 aromatic rings. The van der Waals surface area contributed by atoms with Crippen molar-refractivity contribution in [2.45, 2.75) is 32.1 Å². The Kier molecular flexibility index (Phi) is 4.01. The van der Waals surface area contributed by atoms with Crippen LogP contribution in [0.5, 0.6) is 0 Å². The van der Waals surface area contributed by atoms with Crippen LogP contribution in [0.25, 0.3) is 16.6 Å². The standard InChI is InChI=1S/C23H21N3O3/c1-2-14-13-19(15-7-9-16(10-8-15)26(28)29)23(27)25-12-11-18-17-5-3-4-6-20(17)24-21(18)22(14)25/h3-10,19,24H,2,11-13H2,1H3. The zero-order valence-corrected chi connectivity index (χ0v) is 16.1. The highest BCUT2D eigenvalue weighted by Crippen LogP contribution is 2.44. The van der Waals surface area contributed by atoms with Crippen molar-refractivity contribution < 1.29 is 9.72 Å². The fourth-order valence-corrected chi connectivity index (χ4v) is 4.74. The van der Waals surface area contributed by atoms with Crippen molar-refractivity contribution in [2.24, 2.45) is 0 Å². The van der Waals surface area contributed by atoms with Crippen molar-refractivity contribution in [1.82, 2.24) is 9.88 Å². The number of aromatic amines is 1. The Morgan fingerprint density at radius 3 is 2.66 bits per heavy atom. The molecule has 0 bridgehead atoms. The number of nitrogens with one attached hydrogen (secondary N) is 1. The van der Waals surface area contributed by atoms with Crippen LogP contribution in [0.15, 0.2) is 54.1 Å². The number of carbonyl (C=O) groups excluding carboxylic acids is 1. The Hall–Kier alpha value is -3.41. The number of nitrogens with zero attached hydrogens (tertiary/aromatic N) is 2. The summed E-state index contributed by atoms with van der Waals surface area (Å²) in [6.07, 6.45) is 2.32. The smallest absolute Gasteiger partial charge is 0.269 e. The monoisotopic (exact) mass is 387 g/mol. The number of para-hydroxylation sites is 1. The van der Waals surface area contributed by atoms with Crippen molar-refractivity contribution in [1.29, 1.82) is 0 Å². The molecule has 3 heterocycles. The van der Waals surface area contributed by atoms with Crippen molar-refractivity contribution >= 4 is 28.2 Å². The minimum absolute atomic E-state index is 0.0460. The number of aromatic nitrogens is 1. The van der Waals surface area contributed by atoms with Crippen molar-refractivity contribution in [2.75, 3.05) is 6.54 Å². The number of benzene rings is 2. The molecule has 1 amide bonds. The molecule has 1 N–H and O–H groups in total. The minimum Gasteiger partial charge on any atom is -0.353 e. The first kappa shape index (κ1) is 17.7. The zero-order chi connectivity index (χ0) is 20.1. The normalized spacial score (nSPS) is 18.7. The lowest BCUT2D eigenvalue weighted by molar-refractivity contribution is -0.384. The summed E-state index contributed by atoms with van der Waals surface area (Å²) in [5, 5.41) is 12.2. The molecule has 5 rings (SSSR count). The van der Waals surface area contributed by atoms with Gasteiger partial charge >= 0.3 is 0 Å². The Labute approximate surface area is 168 Å². The first-order chi connectivity index (χ1) is 14.1. The molecule has 6 nitrogen and oxygen atoms in total. The third kappa shape index (κ3) is 2.67. The molecular weight excluding hydrogens is 366 g/mol. The van der Waals surface area contributed by atoms with E-state index in [0.717, 1.165) is 35.3 Å². The van der Waals surface area contributed by atoms with Gasteiger partial charge in [-0.3, -0.25) is 14.9 Å². The topological polar surface area (TPSA) is 79.2 Å². The molecule has 0 saturated heterocycles. The predicted molar refractivity (Wildman–Crippen MR) is 111 cm³/mol. The van der Waals surface area contributed by atoms with Gasteiger partial charge in [0.05, 0.1) is 22.2 Å². The van der Waals surface area contributed by atoms with Gasteiger partial charge in [0.1, 0.15) is 0 Å². The number of H-pyrrole nitrogens is 1. The first-order valence-corrected chi connectivity index (χ1v) is 9.96. The maximum Gasteiger partial charge on any atom is 0.269 e. The highest BCUT2D eigenvalue weighted by molar-refractivity contribution is 5.99. The minimum atomic E-state index is -0.413. The zero-order valence-electron chi connectivity index (χ0n) is 16.1. The Bertz CT molecular complexity index is 1170. The highest BCUT2D eigenvalue weighted by Gasteiger charge is 2.39. The summed E-state index contributed by atoms with van der Waals surface area (Å²) in [5.41, 5.74) is 6.64. The van der Waals surface area contributed by atoms with Gasteiger partial charge < -0.3 is 9.88 Å². The van der Waals surface area contributed by atoms with Crippen LogP contribution >= 0.6 is 0 Å². The number of nitro benzene ring substituents is 1. The van der Waals surface area contributed by atoms with Crippen LogP contribution in [0.1, 0.15) is 42.5 Å². The highest BCUT2D eigenvalue weighted by atomic mass is 16.6. The lowest BCUT2D eigenvalue weighted by Crippen LogP contribution is -2.42. The van der Waals surface area contributed by atoms with Gasteiger partial charge in [0.25, 0.3) is 5.69 Å². The molecule has 6 heteroatoms. The van der Waals surface area contributed by atoms with Gasteiger partial charge in [-0.05, 0) is 42.0 Å². The van der Waals surface area contributed by atoms with E-state index in [9.17, 15) is 14.9 Å². The average molecular weight is 387 g/mol. The summed E-state index contributed by atoms with van der Waals surface area (Å²) in [6.45, 7) is 2.79. The molecule has 0 fully saturated rings. The molecule has 1 unspecified atom stereocenters. The third-order valence-electron chi connectivity index (χ3n) is 6.19. The summed E-state index contributed by atoms with van der Waals surface area (Å²) >= 11 is 0. The lowest BCUT2D eigenvalue weighted by atomic mass is 9.82. The van der Waals surface area contributed by atoms with E-state index in [2.05, 4.69) is 30.1 Å². The first-order valence-electron chi connectivity index (χ1n) is 9.96. The second-order valence-corrected chi connectivity index (χ2v) is 7.68. The summed E-state index contributed by atoms with van der Waals surface area (Å²) in [6, 6.07) is 14.7. The maximum atomic E-state index is 13.4. The van der Waals surface area contributed by atoms with E-state index in [1.54, 1.807) is 12.1 Å². The number of rotatable bonds is 3. The van der Waals surface area contributed by atoms with E-state index >= 15 is 0 Å². The maximum absolute atomic E-state index is 13.4. The number of hydrogen-bond donors (Lipinski definition) is 1. The van der Waals surface area contributed by atoms with Crippen molar-refractivity contribution in [3.05, 3.63) is 81.0 Å². The molecular formula is C23H21N3O3. The van der Waals surface area contributed by atoms with Crippen molar-refractivity contribution in [3.63, 3.8) is 0 Å². The molecule has 29 heavy (non-hydrogen) atoms. The quantitative estimate of drug-likeness (QED) is 0.519. The molecule has 0 radical (unpaired) electrons. The van der Waals surface area contributed by atoms with Gasteiger partial charge in [0, 0.05) is 29.6 Å². The number of fused-ring (bicyclic) bond motifs is 5. The average Bonchev–Trinajstić information content (AvgIpc) is 3.13. The predicted octanol–water partition coefficient (Wildman–Crippen LogP) is 4.77. The molecule has 0 aliphatic carbocycles. The SMILES string of the molecule is CCC1=C2c3[nH]c4ccccc4c3CCN2C(=O)C(c2ccc([N+](=O)[O-])cc2)C1. The largest absolute Gasteiger partial charge is 0.353 e. The van der Waals surface area contributed by atoms with E-state index in [4.69, 9.17) is 0 Å². The van der Waals surface area contributed by atoms with Crippen LogP contribution in [0.3, 0.4) is 0 Å². The number of carbonyl (C=O) groups is 1. The van der Waals surface area contributed by atoms with Crippen LogP contribution in [0.2, 0.25) is 0 Å². The fourth-order valence-electron chi connectivity index (χ4n) is 4.74. The number of allylic oxidation sites excluding steroid dienone is 1. The molecule has 0 spiro atoms. The van der Waals surface area contributed by atoms with Crippen LogP contribution < -0.4 is 0 Å². The summed E-state index contributed by atoms with van der Waals surface area (Å²) in [5.74, 6) is -0.212. The fraction of sp³-hybridized carbons (Fsp3) is 0.261. The van der Waals surface area contributed by atoms with Crippen LogP contribution in [0, 0.1) is 10.1 Å². The van der Waals surface area contributed by atoms with Gasteiger partial charge in [-0.25, -0.2) is 0 Å². The van der Waals surface area contributed by atoms with Crippen LogP contribution in [-0.2, 0) is 11.2 Å². The van der Waals surface area contributed by atoms with Crippen molar-refractivity contribution in [3.8, 4) is 0 Å². The molecule has 146 valence electrons. The summed E-state index contributed by atoms with van der Waals surface area (Å²) < 4.78 is 0.